The molecule has 0 unspecified atom stereocenters. The van der Waals surface area contributed by atoms with Crippen molar-refractivity contribution in [1.82, 2.24) is 9.88 Å². The molecular weight excluding hydrogens is 180 g/mol. The fraction of sp³-hybridized carbons (Fsp3) is 0.400. The van der Waals surface area contributed by atoms with Crippen molar-refractivity contribution in [2.24, 2.45) is 0 Å². The molecule has 1 aromatic heterocycles. The number of rotatable bonds is 1. The minimum Gasteiger partial charge on any atom is -0.346 e. The summed E-state index contributed by atoms with van der Waals surface area (Å²) in [5.41, 5.74) is 0.758. The molecule has 76 valence electrons. The lowest BCUT2D eigenvalue weighted by Crippen LogP contribution is -2.38. The predicted octanol–water partition coefficient (Wildman–Crippen LogP) is 0.961. The van der Waals surface area contributed by atoms with Gasteiger partial charge in [0.05, 0.1) is 0 Å². The molecule has 0 spiro atoms. The van der Waals surface area contributed by atoms with Gasteiger partial charge >= 0.3 is 11.8 Å². The lowest BCUT2D eigenvalue weighted by molar-refractivity contribution is -0.118. The molecule has 0 saturated heterocycles. The van der Waals surface area contributed by atoms with Crippen LogP contribution >= 0.6 is 0 Å². The van der Waals surface area contributed by atoms with Crippen LogP contribution in [-0.4, -0.2) is 22.4 Å². The fourth-order valence-corrected chi connectivity index (χ4v) is 1.13. The number of hydrogen-bond acceptors (Lipinski definition) is 2. The Hall–Kier alpha value is -1.58. The monoisotopic (exact) mass is 194 g/mol. The maximum absolute atomic E-state index is 11.5. The number of nitrogens with one attached hydrogen (secondary N) is 1. The summed E-state index contributed by atoms with van der Waals surface area (Å²) in [6.07, 6.45) is 1.58. The Kier molecular flexibility index (Phi) is 3.06. The molecule has 0 aliphatic heterocycles. The summed E-state index contributed by atoms with van der Waals surface area (Å²) in [5, 5.41) is 2.55. The second-order valence-electron chi connectivity index (χ2n) is 3.45. The van der Waals surface area contributed by atoms with Crippen LogP contribution < -0.4 is 5.32 Å². The lowest BCUT2D eigenvalue weighted by Gasteiger charge is -2.08. The highest BCUT2D eigenvalue weighted by atomic mass is 16.2. The van der Waals surface area contributed by atoms with E-state index in [4.69, 9.17) is 0 Å². The van der Waals surface area contributed by atoms with Crippen LogP contribution in [0.15, 0.2) is 18.3 Å². The SMILES string of the molecule is Cc1cccn1C(=O)C(=O)NC(C)C. The molecule has 1 amide bonds. The standard InChI is InChI=1S/C10H14N2O2/c1-7(2)11-9(13)10(14)12-6-4-5-8(12)3/h4-7H,1-3H3,(H,11,13). The summed E-state index contributed by atoms with van der Waals surface area (Å²) in [6, 6.07) is 3.48. The van der Waals surface area contributed by atoms with Crippen LogP contribution in [0.25, 0.3) is 0 Å². The average Bonchev–Trinajstić information content (AvgIpc) is 2.48. The van der Waals surface area contributed by atoms with Crippen LogP contribution in [0.3, 0.4) is 0 Å². The van der Waals surface area contributed by atoms with Gasteiger partial charge < -0.3 is 5.32 Å². The van der Waals surface area contributed by atoms with E-state index in [0.29, 0.717) is 0 Å². The summed E-state index contributed by atoms with van der Waals surface area (Å²) < 4.78 is 1.33. The van der Waals surface area contributed by atoms with E-state index in [1.54, 1.807) is 25.3 Å². The van der Waals surface area contributed by atoms with Crippen molar-refractivity contribution in [3.63, 3.8) is 0 Å². The van der Waals surface area contributed by atoms with Crippen molar-refractivity contribution >= 4 is 11.8 Å². The lowest BCUT2D eigenvalue weighted by atomic mass is 10.4. The summed E-state index contributed by atoms with van der Waals surface area (Å²) >= 11 is 0. The van der Waals surface area contributed by atoms with E-state index < -0.39 is 11.8 Å². The Morgan fingerprint density at radius 3 is 2.50 bits per heavy atom. The Morgan fingerprint density at radius 1 is 1.43 bits per heavy atom. The van der Waals surface area contributed by atoms with Crippen molar-refractivity contribution in [1.29, 1.82) is 0 Å². The van der Waals surface area contributed by atoms with E-state index in [1.807, 2.05) is 13.8 Å². The average molecular weight is 194 g/mol. The van der Waals surface area contributed by atoms with Gasteiger partial charge in [-0.3, -0.25) is 14.2 Å². The summed E-state index contributed by atoms with van der Waals surface area (Å²) in [7, 11) is 0. The molecular formula is C10H14N2O2. The third kappa shape index (κ3) is 2.22. The summed E-state index contributed by atoms with van der Waals surface area (Å²) in [5.74, 6) is -1.11. The second-order valence-corrected chi connectivity index (χ2v) is 3.45. The third-order valence-corrected chi connectivity index (χ3v) is 1.79. The molecule has 0 bridgehead atoms. The normalized spacial score (nSPS) is 10.3. The van der Waals surface area contributed by atoms with Gasteiger partial charge in [0.25, 0.3) is 0 Å². The van der Waals surface area contributed by atoms with Gasteiger partial charge in [-0.25, -0.2) is 0 Å². The Labute approximate surface area is 82.9 Å². The maximum atomic E-state index is 11.5. The molecule has 14 heavy (non-hydrogen) atoms. The number of hydrogen-bond donors (Lipinski definition) is 1. The van der Waals surface area contributed by atoms with Crippen molar-refractivity contribution in [2.75, 3.05) is 0 Å². The molecule has 1 heterocycles. The number of aromatic nitrogens is 1. The van der Waals surface area contributed by atoms with E-state index in [0.717, 1.165) is 5.69 Å². The van der Waals surface area contributed by atoms with E-state index in [1.165, 1.54) is 4.57 Å². The van der Waals surface area contributed by atoms with E-state index in [-0.39, 0.29) is 6.04 Å². The number of carbonyl (C=O) groups excluding carboxylic acids is 2. The quantitative estimate of drug-likeness (QED) is 0.677. The zero-order chi connectivity index (χ0) is 10.7. The molecule has 4 heteroatoms. The molecule has 0 radical (unpaired) electrons. The number of aryl methyl sites for hydroxylation is 1. The molecule has 4 nitrogen and oxygen atoms in total. The van der Waals surface area contributed by atoms with Gasteiger partial charge in [-0.05, 0) is 32.9 Å². The van der Waals surface area contributed by atoms with Gasteiger partial charge in [0.1, 0.15) is 0 Å². The van der Waals surface area contributed by atoms with Crippen LogP contribution in [0, 0.1) is 6.92 Å². The van der Waals surface area contributed by atoms with Gasteiger partial charge in [0.2, 0.25) is 0 Å². The summed E-state index contributed by atoms with van der Waals surface area (Å²) in [6.45, 7) is 5.40. The van der Waals surface area contributed by atoms with Crippen molar-refractivity contribution in [3.8, 4) is 0 Å². The number of nitrogens with zero attached hydrogens (tertiary/aromatic N) is 1. The molecule has 0 atom stereocenters. The minimum atomic E-state index is -0.570. The van der Waals surface area contributed by atoms with Crippen LogP contribution in [0.4, 0.5) is 0 Å². The summed E-state index contributed by atoms with van der Waals surface area (Å²) in [4.78, 5) is 22.8. The van der Waals surface area contributed by atoms with Gasteiger partial charge in [0, 0.05) is 17.9 Å². The highest BCUT2D eigenvalue weighted by Crippen LogP contribution is 1.99. The molecule has 1 aromatic rings. The van der Waals surface area contributed by atoms with Crippen LogP contribution in [0.2, 0.25) is 0 Å². The first-order chi connectivity index (χ1) is 6.52. The first-order valence-electron chi connectivity index (χ1n) is 4.51. The highest BCUT2D eigenvalue weighted by Gasteiger charge is 2.16. The molecule has 0 aliphatic carbocycles. The molecule has 0 saturated carbocycles. The molecule has 0 aromatic carbocycles. The zero-order valence-electron chi connectivity index (χ0n) is 8.57. The maximum Gasteiger partial charge on any atom is 0.320 e. The third-order valence-electron chi connectivity index (χ3n) is 1.79. The molecule has 0 aliphatic rings. The Morgan fingerprint density at radius 2 is 2.07 bits per heavy atom. The largest absolute Gasteiger partial charge is 0.346 e. The van der Waals surface area contributed by atoms with Gasteiger partial charge in [-0.15, -0.1) is 0 Å². The Bertz CT molecular complexity index is 353. The van der Waals surface area contributed by atoms with Crippen molar-refractivity contribution < 1.29 is 9.59 Å². The van der Waals surface area contributed by atoms with E-state index in [2.05, 4.69) is 5.32 Å². The highest BCUT2D eigenvalue weighted by molar-refractivity contribution is 6.36. The van der Waals surface area contributed by atoms with E-state index in [9.17, 15) is 9.59 Å². The Balaban J connectivity index is 2.76. The fourth-order valence-electron chi connectivity index (χ4n) is 1.13. The smallest absolute Gasteiger partial charge is 0.320 e. The number of carbonyl (C=O) groups is 2. The predicted molar refractivity (Wildman–Crippen MR) is 53.1 cm³/mol. The minimum absolute atomic E-state index is 0.0256. The van der Waals surface area contributed by atoms with Gasteiger partial charge in [0.15, 0.2) is 0 Å². The second kappa shape index (κ2) is 4.09. The molecule has 1 rings (SSSR count). The number of amides is 1. The van der Waals surface area contributed by atoms with Crippen molar-refractivity contribution in [3.05, 3.63) is 24.0 Å². The van der Waals surface area contributed by atoms with Gasteiger partial charge in [-0.1, -0.05) is 0 Å². The van der Waals surface area contributed by atoms with E-state index >= 15 is 0 Å². The van der Waals surface area contributed by atoms with Crippen LogP contribution in [0.1, 0.15) is 24.3 Å². The topological polar surface area (TPSA) is 51.1 Å². The van der Waals surface area contributed by atoms with Gasteiger partial charge in [-0.2, -0.15) is 0 Å². The first kappa shape index (κ1) is 10.5. The zero-order valence-corrected chi connectivity index (χ0v) is 8.57. The molecule has 0 fully saturated rings. The van der Waals surface area contributed by atoms with Crippen molar-refractivity contribution in [2.45, 2.75) is 26.8 Å². The van der Waals surface area contributed by atoms with Crippen LogP contribution in [-0.2, 0) is 4.79 Å². The van der Waals surface area contributed by atoms with Crippen LogP contribution in [0.5, 0.6) is 0 Å². The molecule has 1 N–H and O–H groups in total. The first-order valence-corrected chi connectivity index (χ1v) is 4.51.